The zero-order chi connectivity index (χ0) is 23.5. The van der Waals surface area contributed by atoms with Crippen molar-refractivity contribution in [3.05, 3.63) is 23.9 Å². The summed E-state index contributed by atoms with van der Waals surface area (Å²) in [6.45, 7) is 0. The molecule has 1 unspecified atom stereocenters. The van der Waals surface area contributed by atoms with Crippen LogP contribution in [0.25, 0.3) is 0 Å². The highest BCUT2D eigenvalue weighted by Gasteiger charge is 2.39. The summed E-state index contributed by atoms with van der Waals surface area (Å²) in [4.78, 5) is 28.6. The van der Waals surface area contributed by atoms with Gasteiger partial charge < -0.3 is 16.4 Å². The number of hydrogen-bond donors (Lipinski definition) is 3. The molecule has 0 spiro atoms. The van der Waals surface area contributed by atoms with Crippen LogP contribution in [0.4, 0.5) is 27.8 Å². The van der Waals surface area contributed by atoms with Crippen molar-refractivity contribution < 1.29 is 31.5 Å². The molecule has 0 aliphatic heterocycles. The van der Waals surface area contributed by atoms with Crippen LogP contribution in [0, 0.1) is 11.8 Å². The third-order valence-electron chi connectivity index (χ3n) is 6.01. The number of halogens is 5. The molecule has 3 rings (SSSR count). The van der Waals surface area contributed by atoms with Gasteiger partial charge in [0.2, 0.25) is 17.7 Å². The molecule has 178 valence electrons. The first-order valence-electron chi connectivity index (χ1n) is 10.7. The molecular formula is C21H27F5N4O2. The van der Waals surface area contributed by atoms with E-state index in [4.69, 9.17) is 5.73 Å². The molecule has 2 atom stereocenters. The van der Waals surface area contributed by atoms with E-state index in [1.54, 1.807) is 12.1 Å². The Morgan fingerprint density at radius 1 is 1.16 bits per heavy atom. The minimum Gasteiger partial charge on any atom is -0.349 e. The predicted molar refractivity (Wildman–Crippen MR) is 107 cm³/mol. The highest BCUT2D eigenvalue weighted by atomic mass is 19.4. The van der Waals surface area contributed by atoms with Crippen molar-refractivity contribution in [3.63, 3.8) is 0 Å². The Balaban J connectivity index is 1.60. The average Bonchev–Trinajstić information content (AvgIpc) is 3.55. The molecule has 1 aromatic heterocycles. The fourth-order valence-corrected chi connectivity index (χ4v) is 3.96. The molecule has 2 amide bonds. The maximum atomic E-state index is 13.3. The van der Waals surface area contributed by atoms with Gasteiger partial charge in [-0.3, -0.25) is 9.59 Å². The van der Waals surface area contributed by atoms with E-state index in [0.29, 0.717) is 5.56 Å². The predicted octanol–water partition coefficient (Wildman–Crippen LogP) is 4.08. The van der Waals surface area contributed by atoms with Gasteiger partial charge in [-0.1, -0.05) is 0 Å². The molecule has 2 saturated carbocycles. The van der Waals surface area contributed by atoms with Gasteiger partial charge in [0.25, 0.3) is 0 Å². The summed E-state index contributed by atoms with van der Waals surface area (Å²) in [6, 6.07) is 1.74. The van der Waals surface area contributed by atoms with Gasteiger partial charge in [-0.25, -0.2) is 13.8 Å². The lowest BCUT2D eigenvalue weighted by Crippen LogP contribution is -2.44. The molecule has 4 N–H and O–H groups in total. The normalized spacial score (nSPS) is 20.9. The van der Waals surface area contributed by atoms with E-state index < -0.39 is 48.8 Å². The van der Waals surface area contributed by atoms with Gasteiger partial charge >= 0.3 is 6.18 Å². The fourth-order valence-electron chi connectivity index (χ4n) is 3.96. The molecular weight excluding hydrogens is 435 g/mol. The zero-order valence-corrected chi connectivity index (χ0v) is 17.4. The van der Waals surface area contributed by atoms with Crippen molar-refractivity contribution in [3.8, 4) is 0 Å². The first kappa shape index (κ1) is 24.3. The first-order valence-corrected chi connectivity index (χ1v) is 10.7. The molecule has 6 nitrogen and oxygen atoms in total. The first-order chi connectivity index (χ1) is 14.9. The third-order valence-corrected chi connectivity index (χ3v) is 6.01. The van der Waals surface area contributed by atoms with Crippen LogP contribution in [-0.2, 0) is 9.59 Å². The van der Waals surface area contributed by atoms with Crippen LogP contribution in [0.5, 0.6) is 0 Å². The van der Waals surface area contributed by atoms with Gasteiger partial charge in [0, 0.05) is 25.5 Å². The molecule has 0 radical (unpaired) electrons. The zero-order valence-electron chi connectivity index (χ0n) is 17.4. The summed E-state index contributed by atoms with van der Waals surface area (Å²) in [5.74, 6) is -4.03. The Morgan fingerprint density at radius 2 is 1.81 bits per heavy atom. The lowest BCUT2D eigenvalue weighted by Gasteiger charge is -2.31. The van der Waals surface area contributed by atoms with Gasteiger partial charge in [0.05, 0.1) is 18.5 Å². The van der Waals surface area contributed by atoms with Crippen molar-refractivity contribution in [1.29, 1.82) is 0 Å². The summed E-state index contributed by atoms with van der Waals surface area (Å²) in [7, 11) is 0. The summed E-state index contributed by atoms with van der Waals surface area (Å²) >= 11 is 0. The van der Waals surface area contributed by atoms with Crippen molar-refractivity contribution in [2.24, 2.45) is 17.6 Å². The van der Waals surface area contributed by atoms with Crippen LogP contribution >= 0.6 is 0 Å². The Morgan fingerprint density at radius 3 is 2.41 bits per heavy atom. The summed E-state index contributed by atoms with van der Waals surface area (Å²) in [5.41, 5.74) is 6.60. The molecule has 2 aliphatic carbocycles. The lowest BCUT2D eigenvalue weighted by molar-refractivity contribution is -0.144. The molecule has 11 heteroatoms. The minimum absolute atomic E-state index is 0.0990. The van der Waals surface area contributed by atoms with E-state index in [1.165, 1.54) is 6.20 Å². The number of aromatic nitrogens is 1. The lowest BCUT2D eigenvalue weighted by atomic mass is 9.82. The van der Waals surface area contributed by atoms with E-state index in [1.807, 2.05) is 0 Å². The second-order valence-corrected chi connectivity index (χ2v) is 8.68. The Hall–Kier alpha value is -2.30. The van der Waals surface area contributed by atoms with E-state index >= 15 is 0 Å². The number of hydrogen-bond acceptors (Lipinski definition) is 4. The fraction of sp³-hybridized carbons (Fsp3) is 0.667. The smallest absolute Gasteiger partial charge is 0.349 e. The molecule has 32 heavy (non-hydrogen) atoms. The molecule has 0 saturated heterocycles. The van der Waals surface area contributed by atoms with Gasteiger partial charge in [0.15, 0.2) is 0 Å². The van der Waals surface area contributed by atoms with E-state index in [0.717, 1.165) is 12.8 Å². The number of alkyl halides is 5. The number of amides is 2. The summed E-state index contributed by atoms with van der Waals surface area (Å²) < 4.78 is 63.8. The molecule has 2 fully saturated rings. The SMILES string of the molecule is N[C@H](C(=O)Nc1cc(C(NC(=O)CCC(F)(F)F)C2CC2)ccn1)C1CCC(F)(F)CC1. The summed E-state index contributed by atoms with van der Waals surface area (Å²) in [5, 5.41) is 5.24. The van der Waals surface area contributed by atoms with E-state index in [-0.39, 0.29) is 43.3 Å². The Bertz CT molecular complexity index is 819. The second kappa shape index (κ2) is 9.68. The van der Waals surface area contributed by atoms with E-state index in [9.17, 15) is 31.5 Å². The molecule has 0 bridgehead atoms. The van der Waals surface area contributed by atoms with Crippen LogP contribution in [0.2, 0.25) is 0 Å². The van der Waals surface area contributed by atoms with Crippen molar-refractivity contribution in [2.45, 2.75) is 75.5 Å². The van der Waals surface area contributed by atoms with Gasteiger partial charge in [-0.05, 0) is 55.2 Å². The van der Waals surface area contributed by atoms with Crippen molar-refractivity contribution >= 4 is 17.6 Å². The Labute approximate surface area is 182 Å². The quantitative estimate of drug-likeness (QED) is 0.507. The number of nitrogens with one attached hydrogen (secondary N) is 2. The highest BCUT2D eigenvalue weighted by Crippen LogP contribution is 2.41. The number of pyridine rings is 1. The van der Waals surface area contributed by atoms with Crippen LogP contribution < -0.4 is 16.4 Å². The second-order valence-electron chi connectivity index (χ2n) is 8.68. The number of nitrogens with two attached hydrogens (primary N) is 1. The molecule has 1 heterocycles. The van der Waals surface area contributed by atoms with Gasteiger partial charge in [0.1, 0.15) is 5.82 Å². The number of rotatable bonds is 8. The van der Waals surface area contributed by atoms with Crippen molar-refractivity contribution in [2.75, 3.05) is 5.32 Å². The Kier molecular flexibility index (Phi) is 7.36. The van der Waals surface area contributed by atoms with E-state index in [2.05, 4.69) is 15.6 Å². The summed E-state index contributed by atoms with van der Waals surface area (Å²) in [6.07, 6.45) is -3.48. The largest absolute Gasteiger partial charge is 0.389 e. The highest BCUT2D eigenvalue weighted by molar-refractivity contribution is 5.94. The van der Waals surface area contributed by atoms with Gasteiger partial charge in [-0.15, -0.1) is 0 Å². The van der Waals surface area contributed by atoms with Crippen molar-refractivity contribution in [1.82, 2.24) is 10.3 Å². The standard InChI is InChI=1S/C21H27F5N4O2/c22-20(23)7-3-12(4-8-20)17(27)19(32)29-15-11-14(6-10-28-15)18(13-1-2-13)30-16(31)5-9-21(24,25)26/h6,10-13,17-18H,1-5,7-9,27H2,(H,30,31)(H,28,29,32)/t17-,18?/m0/s1. The maximum Gasteiger partial charge on any atom is 0.389 e. The average molecular weight is 462 g/mol. The number of carbonyl (C=O) groups is 2. The number of anilines is 1. The minimum atomic E-state index is -4.41. The number of nitrogens with zero attached hydrogens (tertiary/aromatic N) is 1. The van der Waals surface area contributed by atoms with Gasteiger partial charge in [-0.2, -0.15) is 13.2 Å². The molecule has 1 aromatic rings. The maximum absolute atomic E-state index is 13.3. The molecule has 2 aliphatic rings. The number of carbonyl (C=O) groups excluding carboxylic acids is 2. The van der Waals surface area contributed by atoms with Crippen LogP contribution in [-0.4, -0.2) is 34.9 Å². The monoisotopic (exact) mass is 462 g/mol. The topological polar surface area (TPSA) is 97.1 Å². The van der Waals surface area contributed by atoms with Crippen LogP contribution in [0.15, 0.2) is 18.3 Å². The van der Waals surface area contributed by atoms with Crippen LogP contribution in [0.3, 0.4) is 0 Å². The molecule has 0 aromatic carbocycles. The third kappa shape index (κ3) is 7.11. The van der Waals surface area contributed by atoms with Crippen LogP contribution in [0.1, 0.15) is 63.0 Å².